The standard InChI is InChI=1S/C23H20N2O3/c26-21-9-4-14-25(21)15-10-12-16(13-11-15)28-23(27)22-17-5-1-2-7-19(17)24-20-8-3-6-18(20)22/h1-2,5,7,10-13H,3-4,6,8-9,14H2. The molecule has 5 nitrogen and oxygen atoms in total. The lowest BCUT2D eigenvalue weighted by Crippen LogP contribution is -2.23. The predicted molar refractivity (Wildman–Crippen MR) is 107 cm³/mol. The van der Waals surface area contributed by atoms with Gasteiger partial charge >= 0.3 is 5.97 Å². The fraction of sp³-hybridized carbons (Fsp3) is 0.261. The molecule has 0 radical (unpaired) electrons. The lowest BCUT2D eigenvalue weighted by Gasteiger charge is -2.16. The van der Waals surface area contributed by atoms with Crippen LogP contribution in [0.15, 0.2) is 48.5 Å². The fourth-order valence-electron chi connectivity index (χ4n) is 4.22. The first kappa shape index (κ1) is 16.9. The summed E-state index contributed by atoms with van der Waals surface area (Å²) in [5.41, 5.74) is 4.34. The van der Waals surface area contributed by atoms with E-state index in [1.165, 1.54) is 0 Å². The number of aromatic nitrogens is 1. The van der Waals surface area contributed by atoms with Gasteiger partial charge in [0, 0.05) is 29.7 Å². The summed E-state index contributed by atoms with van der Waals surface area (Å²) in [7, 11) is 0. The van der Waals surface area contributed by atoms with Crippen LogP contribution in [0.2, 0.25) is 0 Å². The molecule has 0 N–H and O–H groups in total. The SMILES string of the molecule is O=C(Oc1ccc(N2CCCC2=O)cc1)c1c2c(nc3ccccc13)CCC2. The minimum Gasteiger partial charge on any atom is -0.423 e. The fourth-order valence-corrected chi connectivity index (χ4v) is 4.22. The van der Waals surface area contributed by atoms with Crippen LogP contribution < -0.4 is 9.64 Å². The van der Waals surface area contributed by atoms with Gasteiger partial charge in [0.15, 0.2) is 0 Å². The van der Waals surface area contributed by atoms with Crippen LogP contribution in [0.1, 0.15) is 40.9 Å². The van der Waals surface area contributed by atoms with Crippen molar-refractivity contribution in [1.29, 1.82) is 0 Å². The van der Waals surface area contributed by atoms with E-state index in [1.54, 1.807) is 17.0 Å². The average molecular weight is 372 g/mol. The molecular weight excluding hydrogens is 352 g/mol. The van der Waals surface area contributed by atoms with Gasteiger partial charge < -0.3 is 9.64 Å². The monoisotopic (exact) mass is 372 g/mol. The summed E-state index contributed by atoms with van der Waals surface area (Å²) >= 11 is 0. The highest BCUT2D eigenvalue weighted by Crippen LogP contribution is 2.31. The maximum Gasteiger partial charge on any atom is 0.344 e. The van der Waals surface area contributed by atoms with Crippen LogP contribution in [0, 0.1) is 0 Å². The molecule has 1 saturated heterocycles. The summed E-state index contributed by atoms with van der Waals surface area (Å²) in [5.74, 6) is 0.276. The van der Waals surface area contributed by atoms with Crippen molar-refractivity contribution in [2.24, 2.45) is 0 Å². The Balaban J connectivity index is 1.46. The molecule has 1 aliphatic carbocycles. The molecule has 140 valence electrons. The van der Waals surface area contributed by atoms with E-state index in [4.69, 9.17) is 9.72 Å². The molecule has 5 heteroatoms. The Morgan fingerprint density at radius 1 is 0.964 bits per heavy atom. The first-order valence-corrected chi connectivity index (χ1v) is 9.74. The van der Waals surface area contributed by atoms with Gasteiger partial charge in [0.25, 0.3) is 0 Å². The van der Waals surface area contributed by atoms with E-state index in [2.05, 4.69) is 0 Å². The second kappa shape index (κ2) is 6.75. The molecule has 1 aliphatic heterocycles. The van der Waals surface area contributed by atoms with E-state index in [0.29, 0.717) is 17.7 Å². The topological polar surface area (TPSA) is 59.5 Å². The van der Waals surface area contributed by atoms with Crippen LogP contribution in [0.25, 0.3) is 10.9 Å². The molecule has 2 aromatic carbocycles. The van der Waals surface area contributed by atoms with Crippen molar-refractivity contribution in [2.45, 2.75) is 32.1 Å². The third-order valence-corrected chi connectivity index (χ3v) is 5.56. The summed E-state index contributed by atoms with van der Waals surface area (Å²) in [6, 6.07) is 14.9. The van der Waals surface area contributed by atoms with Crippen LogP contribution in [0.4, 0.5) is 5.69 Å². The van der Waals surface area contributed by atoms with E-state index < -0.39 is 0 Å². The second-order valence-corrected chi connectivity index (χ2v) is 7.32. The molecule has 1 amide bonds. The zero-order chi connectivity index (χ0) is 19.1. The number of anilines is 1. The largest absolute Gasteiger partial charge is 0.423 e. The number of aryl methyl sites for hydroxylation is 1. The zero-order valence-electron chi connectivity index (χ0n) is 15.5. The van der Waals surface area contributed by atoms with Crippen LogP contribution in [-0.4, -0.2) is 23.4 Å². The number of carbonyl (C=O) groups excluding carboxylic acids is 2. The van der Waals surface area contributed by atoms with Crippen molar-refractivity contribution in [1.82, 2.24) is 4.98 Å². The van der Waals surface area contributed by atoms with Crippen molar-refractivity contribution in [3.63, 3.8) is 0 Å². The smallest absolute Gasteiger partial charge is 0.344 e. The van der Waals surface area contributed by atoms with E-state index in [-0.39, 0.29) is 11.9 Å². The summed E-state index contributed by atoms with van der Waals surface area (Å²) in [6.45, 7) is 0.743. The van der Waals surface area contributed by atoms with Gasteiger partial charge in [-0.3, -0.25) is 9.78 Å². The van der Waals surface area contributed by atoms with Gasteiger partial charge in [-0.25, -0.2) is 4.79 Å². The van der Waals surface area contributed by atoms with Crippen LogP contribution >= 0.6 is 0 Å². The third-order valence-electron chi connectivity index (χ3n) is 5.56. The number of rotatable bonds is 3. The van der Waals surface area contributed by atoms with Crippen molar-refractivity contribution in [3.8, 4) is 5.75 Å². The van der Waals surface area contributed by atoms with Crippen molar-refractivity contribution < 1.29 is 14.3 Å². The molecule has 0 bridgehead atoms. The molecule has 1 fully saturated rings. The highest BCUT2D eigenvalue weighted by molar-refractivity contribution is 6.06. The number of hydrogen-bond donors (Lipinski definition) is 0. The molecular formula is C23H20N2O3. The van der Waals surface area contributed by atoms with Gasteiger partial charge in [-0.15, -0.1) is 0 Å². The molecule has 0 saturated carbocycles. The Morgan fingerprint density at radius 3 is 2.57 bits per heavy atom. The number of pyridine rings is 1. The molecule has 0 atom stereocenters. The number of carbonyl (C=O) groups is 2. The lowest BCUT2D eigenvalue weighted by atomic mass is 10.0. The van der Waals surface area contributed by atoms with Gasteiger partial charge in [0.1, 0.15) is 5.75 Å². The molecule has 1 aromatic heterocycles. The molecule has 5 rings (SSSR count). The Kier molecular flexibility index (Phi) is 4.08. The lowest BCUT2D eigenvalue weighted by molar-refractivity contribution is -0.117. The Labute approximate surface area is 162 Å². The van der Waals surface area contributed by atoms with E-state index in [9.17, 15) is 9.59 Å². The molecule has 3 aromatic rings. The Hall–Kier alpha value is -3.21. The van der Waals surface area contributed by atoms with Crippen molar-refractivity contribution in [2.75, 3.05) is 11.4 Å². The third kappa shape index (κ3) is 2.83. The number of benzene rings is 2. The van der Waals surface area contributed by atoms with Crippen LogP contribution in [-0.2, 0) is 17.6 Å². The van der Waals surface area contributed by atoms with Crippen molar-refractivity contribution in [3.05, 3.63) is 65.4 Å². The van der Waals surface area contributed by atoms with Gasteiger partial charge in [-0.1, -0.05) is 18.2 Å². The van der Waals surface area contributed by atoms with E-state index >= 15 is 0 Å². The first-order chi connectivity index (χ1) is 13.7. The normalized spacial score (nSPS) is 15.9. The highest BCUT2D eigenvalue weighted by atomic mass is 16.5. The van der Waals surface area contributed by atoms with Crippen LogP contribution in [0.3, 0.4) is 0 Å². The summed E-state index contributed by atoms with van der Waals surface area (Å²) in [4.78, 5) is 31.5. The first-order valence-electron chi connectivity index (χ1n) is 9.74. The predicted octanol–water partition coefficient (Wildman–Crippen LogP) is 4.07. The minimum absolute atomic E-state index is 0.142. The average Bonchev–Trinajstić information content (AvgIpc) is 3.35. The number of ether oxygens (including phenoxy) is 1. The summed E-state index contributed by atoms with van der Waals surface area (Å²) in [6.07, 6.45) is 4.25. The molecule has 0 unspecified atom stereocenters. The van der Waals surface area contributed by atoms with E-state index in [0.717, 1.165) is 60.1 Å². The Morgan fingerprint density at radius 2 is 1.79 bits per heavy atom. The van der Waals surface area contributed by atoms with Gasteiger partial charge in [0.2, 0.25) is 5.91 Å². The molecule has 2 aliphatic rings. The molecule has 0 spiro atoms. The maximum absolute atomic E-state index is 13.1. The maximum atomic E-state index is 13.1. The van der Waals surface area contributed by atoms with Gasteiger partial charge in [-0.2, -0.15) is 0 Å². The minimum atomic E-state index is -0.346. The second-order valence-electron chi connectivity index (χ2n) is 7.32. The molecule has 28 heavy (non-hydrogen) atoms. The van der Waals surface area contributed by atoms with Gasteiger partial charge in [-0.05, 0) is 61.6 Å². The molecule has 2 heterocycles. The number of fused-ring (bicyclic) bond motifs is 2. The Bertz CT molecular complexity index is 1090. The van der Waals surface area contributed by atoms with Crippen molar-refractivity contribution >= 4 is 28.5 Å². The summed E-state index contributed by atoms with van der Waals surface area (Å²) in [5, 5.41) is 0.840. The number of para-hydroxylation sites is 1. The number of nitrogens with zero attached hydrogens (tertiary/aromatic N) is 2. The number of esters is 1. The zero-order valence-corrected chi connectivity index (χ0v) is 15.5. The quantitative estimate of drug-likeness (QED) is 0.514. The summed E-state index contributed by atoms with van der Waals surface area (Å²) < 4.78 is 5.71. The van der Waals surface area contributed by atoms with E-state index in [1.807, 2.05) is 36.4 Å². The van der Waals surface area contributed by atoms with Gasteiger partial charge in [0.05, 0.1) is 11.1 Å². The highest BCUT2D eigenvalue weighted by Gasteiger charge is 2.25. The number of amides is 1. The number of hydrogen-bond acceptors (Lipinski definition) is 4. The van der Waals surface area contributed by atoms with Crippen LogP contribution in [0.5, 0.6) is 5.75 Å².